The number of carbonyl (C=O) groups is 4. The molecule has 5 heterocycles. The maximum Gasteiger partial charge on any atom is 0.409 e. The minimum Gasteiger partial charge on any atom is -0.479 e. The Morgan fingerprint density at radius 2 is 1.65 bits per heavy atom. The van der Waals surface area contributed by atoms with Crippen LogP contribution in [-0.4, -0.2) is 174 Å². The van der Waals surface area contributed by atoms with E-state index in [1.54, 1.807) is 32.4 Å². The molecule has 60 heavy (non-hydrogen) atoms. The number of nitrogens with zero attached hydrogens (tertiary/aromatic N) is 9. The number of likely N-dealkylation sites (N-methyl/N-ethyl adjacent to an activating group) is 2. The second-order valence-electron chi connectivity index (χ2n) is 15.0. The van der Waals surface area contributed by atoms with E-state index in [-0.39, 0.29) is 49.6 Å². The molecule has 1 saturated carbocycles. The average Bonchev–Trinajstić information content (AvgIpc) is 4.06. The molecule has 3 aliphatic rings. The van der Waals surface area contributed by atoms with Crippen molar-refractivity contribution >= 4 is 57.6 Å². The fourth-order valence-electron chi connectivity index (χ4n) is 7.68. The summed E-state index contributed by atoms with van der Waals surface area (Å²) in [7, 11) is 6.63. The Labute approximate surface area is 347 Å². The van der Waals surface area contributed by atoms with Crippen molar-refractivity contribution in [2.24, 2.45) is 11.8 Å². The third-order valence-electron chi connectivity index (χ3n) is 11.1. The number of aliphatic hydroxyl groups excluding tert-OH is 3. The largest absolute Gasteiger partial charge is 0.479 e. The van der Waals surface area contributed by atoms with Crippen LogP contribution < -0.4 is 19.7 Å². The van der Waals surface area contributed by atoms with Crippen LogP contribution in [0.5, 0.6) is 11.8 Å². The number of carbonyl (C=O) groups excluding carboxylic acids is 3. The number of hydrogen-bond donors (Lipinski definition) is 5. The zero-order valence-electron chi connectivity index (χ0n) is 33.1. The number of likely N-dealkylation sites (tertiary alicyclic amines) is 1. The van der Waals surface area contributed by atoms with Crippen molar-refractivity contribution in [3.05, 3.63) is 48.4 Å². The standard InChI is InChI=1S/C37H46N10O12S/c1-43(11-12-44(2)37(55)57-17-19-5-7-23(8-6-19)58-32-27(50)25(48)26(49)28(59-32)31(51)52)36(54)47-10-9-24-29(38-18-39-30(24)47)45(3)22-13-20-15-46(16-21(20)14-22)35(53)41-34-40-33(56-4)42-60-34/h5-10,18,20-22,25-28,32,48-50H,11-17H2,1-4H3,(H,51,52)(H,40,41,42,53)/t20-,21+,22+,25-,26-,27+,28-,32+/m0/s1. The van der Waals surface area contributed by atoms with Gasteiger partial charge in [-0.3, -0.25) is 9.88 Å². The molecule has 1 aliphatic carbocycles. The van der Waals surface area contributed by atoms with Crippen molar-refractivity contribution in [1.82, 2.24) is 38.6 Å². The predicted octanol–water partition coefficient (Wildman–Crippen LogP) is 1.11. The summed E-state index contributed by atoms with van der Waals surface area (Å²) in [6.45, 7) is 1.52. The van der Waals surface area contributed by atoms with E-state index in [0.717, 1.165) is 29.8 Å². The third-order valence-corrected chi connectivity index (χ3v) is 11.7. The van der Waals surface area contributed by atoms with Crippen molar-refractivity contribution < 1.29 is 58.6 Å². The summed E-state index contributed by atoms with van der Waals surface area (Å²) < 4.78 is 26.5. The summed E-state index contributed by atoms with van der Waals surface area (Å²) in [5.41, 5.74) is 1.03. The van der Waals surface area contributed by atoms with Gasteiger partial charge in [0.1, 0.15) is 42.8 Å². The zero-order valence-corrected chi connectivity index (χ0v) is 33.9. The SMILES string of the molecule is COc1nsc(NC(=O)N2C[C@H]3C[C@H](N(C)c4ncnc5c4ccn5C(=O)N(C)CCN(C)C(=O)OCc4ccc(O[C@@H]5O[C@H](C(=O)O)[C@@H](O)[C@H](O)[C@H]5O)cc4)C[C@H]3C2)n1. The summed E-state index contributed by atoms with van der Waals surface area (Å²) >= 11 is 1.06. The van der Waals surface area contributed by atoms with Gasteiger partial charge >= 0.3 is 30.1 Å². The molecule has 4 amide bonds. The lowest BCUT2D eigenvalue weighted by molar-refractivity contribution is -0.271. The summed E-state index contributed by atoms with van der Waals surface area (Å²) in [6.07, 6.45) is -4.49. The number of carboxylic acids is 1. The molecule has 0 bridgehead atoms. The van der Waals surface area contributed by atoms with Crippen molar-refractivity contribution in [2.45, 2.75) is 56.2 Å². The van der Waals surface area contributed by atoms with E-state index in [4.69, 9.17) is 18.9 Å². The molecule has 22 nitrogen and oxygen atoms in total. The smallest absolute Gasteiger partial charge is 0.409 e. The Kier molecular flexibility index (Phi) is 12.5. The lowest BCUT2D eigenvalue weighted by Crippen LogP contribution is -2.61. The zero-order chi connectivity index (χ0) is 42.8. The minimum atomic E-state index is -1.84. The first-order chi connectivity index (χ1) is 28.7. The van der Waals surface area contributed by atoms with E-state index in [1.165, 1.54) is 39.9 Å². The highest BCUT2D eigenvalue weighted by atomic mass is 32.1. The van der Waals surface area contributed by atoms with E-state index in [9.17, 15) is 39.6 Å². The Balaban J connectivity index is 0.868. The maximum atomic E-state index is 13.6. The molecule has 2 aliphatic heterocycles. The van der Waals surface area contributed by atoms with Crippen LogP contribution in [0.1, 0.15) is 18.4 Å². The van der Waals surface area contributed by atoms with Crippen molar-refractivity contribution in [3.8, 4) is 11.8 Å². The minimum absolute atomic E-state index is 0.0985. The Morgan fingerprint density at radius 3 is 2.32 bits per heavy atom. The molecule has 0 unspecified atom stereocenters. The fourth-order valence-corrected chi connectivity index (χ4v) is 8.22. The highest BCUT2D eigenvalue weighted by molar-refractivity contribution is 7.10. The lowest BCUT2D eigenvalue weighted by atomic mass is 9.99. The summed E-state index contributed by atoms with van der Waals surface area (Å²) in [5, 5.41) is 43.2. The van der Waals surface area contributed by atoms with Gasteiger partial charge in [-0.15, -0.1) is 4.37 Å². The van der Waals surface area contributed by atoms with Gasteiger partial charge in [-0.25, -0.2) is 29.1 Å². The number of aromatic nitrogens is 5. The van der Waals surface area contributed by atoms with Crippen molar-refractivity contribution in [2.75, 3.05) is 64.6 Å². The van der Waals surface area contributed by atoms with Crippen molar-refractivity contribution in [1.29, 1.82) is 0 Å². The number of aliphatic hydroxyl groups is 3. The molecule has 3 aromatic heterocycles. The monoisotopic (exact) mass is 854 g/mol. The number of ether oxygens (including phenoxy) is 4. The molecular formula is C37H46N10O12S. The predicted molar refractivity (Wildman–Crippen MR) is 211 cm³/mol. The number of benzene rings is 1. The van der Waals surface area contributed by atoms with E-state index in [2.05, 4.69) is 29.5 Å². The number of urea groups is 1. The van der Waals surface area contributed by atoms with Crippen LogP contribution in [0.3, 0.4) is 0 Å². The van der Waals surface area contributed by atoms with Crippen LogP contribution in [0.2, 0.25) is 0 Å². The van der Waals surface area contributed by atoms with Crippen LogP contribution in [0.25, 0.3) is 11.0 Å². The highest BCUT2D eigenvalue weighted by Crippen LogP contribution is 2.42. The number of amides is 4. The first-order valence-electron chi connectivity index (χ1n) is 19.0. The molecule has 322 valence electrons. The van der Waals surface area contributed by atoms with E-state index >= 15 is 0 Å². The molecule has 0 spiro atoms. The molecule has 4 aromatic rings. The highest BCUT2D eigenvalue weighted by Gasteiger charge is 2.48. The molecule has 8 atom stereocenters. The van der Waals surface area contributed by atoms with Gasteiger partial charge in [0, 0.05) is 71.1 Å². The van der Waals surface area contributed by atoms with Gasteiger partial charge in [-0.2, -0.15) is 4.98 Å². The third kappa shape index (κ3) is 8.84. The van der Waals surface area contributed by atoms with Gasteiger partial charge in [0.05, 0.1) is 12.5 Å². The van der Waals surface area contributed by atoms with E-state index in [1.807, 2.05) is 18.0 Å². The van der Waals surface area contributed by atoms with Crippen LogP contribution in [0, 0.1) is 11.8 Å². The van der Waals surface area contributed by atoms with Crippen LogP contribution >= 0.6 is 11.5 Å². The summed E-state index contributed by atoms with van der Waals surface area (Å²) in [5.74, 6) is 0.00408. The average molecular weight is 855 g/mol. The van der Waals surface area contributed by atoms with Gasteiger partial charge in [-0.1, -0.05) is 12.1 Å². The molecule has 23 heteroatoms. The number of aliphatic carboxylic acids is 1. The molecule has 0 radical (unpaired) electrons. The van der Waals surface area contributed by atoms with Crippen LogP contribution in [0.15, 0.2) is 42.9 Å². The summed E-state index contributed by atoms with van der Waals surface area (Å²) in [6, 6.07) is 7.77. The number of nitrogens with one attached hydrogen (secondary N) is 1. The van der Waals surface area contributed by atoms with E-state index in [0.29, 0.717) is 47.1 Å². The van der Waals surface area contributed by atoms with Crippen LogP contribution in [-0.2, 0) is 20.9 Å². The fraction of sp³-hybridized carbons (Fsp3) is 0.514. The Morgan fingerprint density at radius 1 is 0.950 bits per heavy atom. The Hall–Kier alpha value is -5.88. The van der Waals surface area contributed by atoms with Gasteiger partial charge in [0.2, 0.25) is 11.4 Å². The molecule has 2 saturated heterocycles. The maximum absolute atomic E-state index is 13.6. The molecular weight excluding hydrogens is 809 g/mol. The first-order valence-corrected chi connectivity index (χ1v) is 19.8. The Bertz CT molecular complexity index is 2180. The number of hydrogen-bond acceptors (Lipinski definition) is 17. The molecule has 1 aromatic carbocycles. The molecule has 7 rings (SSSR count). The number of anilines is 2. The normalized spacial score (nSPS) is 24.8. The van der Waals surface area contributed by atoms with Gasteiger partial charge in [-0.05, 0) is 48.4 Å². The van der Waals surface area contributed by atoms with Gasteiger partial charge < -0.3 is 59.0 Å². The van der Waals surface area contributed by atoms with E-state index < -0.39 is 42.8 Å². The number of methoxy groups -OCH3 is 1. The quantitative estimate of drug-likeness (QED) is 0.134. The van der Waals surface area contributed by atoms with Crippen LogP contribution in [0.4, 0.5) is 25.3 Å². The lowest BCUT2D eigenvalue weighted by Gasteiger charge is -2.38. The van der Waals surface area contributed by atoms with Crippen molar-refractivity contribution in [3.63, 3.8) is 0 Å². The number of rotatable bonds is 12. The summed E-state index contributed by atoms with van der Waals surface area (Å²) in [4.78, 5) is 70.6. The number of carboxylic acid groups (broad SMARTS) is 1. The second-order valence-corrected chi connectivity index (χ2v) is 15.7. The van der Waals surface area contributed by atoms with Gasteiger partial charge in [0.15, 0.2) is 11.8 Å². The van der Waals surface area contributed by atoms with Gasteiger partial charge in [0.25, 0.3) is 0 Å². The topological polar surface area (TPSA) is 268 Å². The number of fused-ring (bicyclic) bond motifs is 2. The first kappa shape index (κ1) is 42.3. The molecule has 3 fully saturated rings. The second kappa shape index (κ2) is 17.8. The molecule has 5 N–H and O–H groups in total.